The molecule has 1 amide bonds. The second kappa shape index (κ2) is 6.48. The third-order valence-corrected chi connectivity index (χ3v) is 2.39. The predicted octanol–water partition coefficient (Wildman–Crippen LogP) is 2.12. The fraction of sp³-hybridized carbons (Fsp3) is 0.333. The molecule has 0 saturated carbocycles. The van der Waals surface area contributed by atoms with E-state index in [1.54, 1.807) is 6.92 Å². The monoisotopic (exact) mass is 266 g/mol. The maximum atomic E-state index is 11.6. The molecule has 0 aliphatic heterocycles. The Morgan fingerprint density at radius 2 is 2.11 bits per heavy atom. The zero-order valence-corrected chi connectivity index (χ0v) is 10.6. The van der Waals surface area contributed by atoms with Gasteiger partial charge in [-0.2, -0.15) is 0 Å². The minimum absolute atomic E-state index is 0.0406. The molecule has 0 bridgehead atoms. The highest BCUT2D eigenvalue weighted by atomic mass is 16.6. The number of nitro benzene ring substituents is 1. The molecule has 0 atom stereocenters. The number of anilines is 1. The molecule has 0 unspecified atom stereocenters. The predicted molar refractivity (Wildman–Crippen MR) is 68.0 cm³/mol. The van der Waals surface area contributed by atoms with Crippen LogP contribution in [0.2, 0.25) is 0 Å². The molecule has 0 heterocycles. The Labute approximate surface area is 109 Å². The number of methoxy groups -OCH3 is 1. The molecular formula is C12H14N2O5. The summed E-state index contributed by atoms with van der Waals surface area (Å²) in [5.74, 6) is -1.13. The number of nitrogens with zero attached hydrogens (tertiary/aromatic N) is 1. The van der Waals surface area contributed by atoms with Crippen molar-refractivity contribution in [2.75, 3.05) is 12.4 Å². The first-order valence-electron chi connectivity index (χ1n) is 5.66. The Morgan fingerprint density at radius 3 is 2.63 bits per heavy atom. The molecule has 19 heavy (non-hydrogen) atoms. The number of amides is 1. The molecule has 0 aliphatic rings. The first-order valence-corrected chi connectivity index (χ1v) is 5.66. The lowest BCUT2D eigenvalue weighted by Gasteiger charge is -2.09. The first-order chi connectivity index (χ1) is 9.01. The molecule has 0 aromatic heterocycles. The number of nitrogens with one attached hydrogen (secondary N) is 1. The van der Waals surface area contributed by atoms with Crippen LogP contribution in [0.1, 0.15) is 30.1 Å². The van der Waals surface area contributed by atoms with Gasteiger partial charge in [0.05, 0.1) is 17.6 Å². The average Bonchev–Trinajstić information content (AvgIpc) is 2.38. The van der Waals surface area contributed by atoms with E-state index in [0.717, 1.165) is 0 Å². The van der Waals surface area contributed by atoms with Gasteiger partial charge in [0.1, 0.15) is 5.69 Å². The van der Waals surface area contributed by atoms with Gasteiger partial charge in [-0.05, 0) is 12.5 Å². The smallest absolute Gasteiger partial charge is 0.340 e. The summed E-state index contributed by atoms with van der Waals surface area (Å²) in [5.41, 5.74) is -0.508. The molecule has 0 saturated heterocycles. The highest BCUT2D eigenvalue weighted by Crippen LogP contribution is 2.29. The molecule has 1 aromatic rings. The summed E-state index contributed by atoms with van der Waals surface area (Å²) >= 11 is 0. The SMILES string of the molecule is CCCC(=O)Nc1c(C(=O)OC)cccc1[N+](=O)[O-]. The van der Waals surface area contributed by atoms with Crippen molar-refractivity contribution in [1.29, 1.82) is 0 Å². The second-order valence-corrected chi connectivity index (χ2v) is 3.75. The number of nitro groups is 1. The van der Waals surface area contributed by atoms with Crippen molar-refractivity contribution in [2.45, 2.75) is 19.8 Å². The number of ether oxygens (including phenoxy) is 1. The Hall–Kier alpha value is -2.44. The van der Waals surface area contributed by atoms with Crippen LogP contribution in [-0.2, 0) is 9.53 Å². The van der Waals surface area contributed by atoms with Gasteiger partial charge in [0.25, 0.3) is 5.69 Å². The van der Waals surface area contributed by atoms with Crippen LogP contribution < -0.4 is 5.32 Å². The van der Waals surface area contributed by atoms with Crippen molar-refractivity contribution in [3.63, 3.8) is 0 Å². The molecule has 1 N–H and O–H groups in total. The van der Waals surface area contributed by atoms with E-state index in [1.165, 1.54) is 25.3 Å². The Balaban J connectivity index is 3.25. The van der Waals surface area contributed by atoms with Crippen molar-refractivity contribution >= 4 is 23.3 Å². The summed E-state index contributed by atoms with van der Waals surface area (Å²) in [5, 5.41) is 13.3. The van der Waals surface area contributed by atoms with E-state index >= 15 is 0 Å². The largest absolute Gasteiger partial charge is 0.465 e. The molecule has 102 valence electrons. The molecule has 7 nitrogen and oxygen atoms in total. The van der Waals surface area contributed by atoms with Crippen molar-refractivity contribution in [2.24, 2.45) is 0 Å². The maximum absolute atomic E-state index is 11.6. The van der Waals surface area contributed by atoms with Gasteiger partial charge in [0, 0.05) is 12.5 Å². The van der Waals surface area contributed by atoms with Crippen molar-refractivity contribution in [3.8, 4) is 0 Å². The van der Waals surface area contributed by atoms with Gasteiger partial charge in [-0.25, -0.2) is 4.79 Å². The van der Waals surface area contributed by atoms with Gasteiger partial charge < -0.3 is 10.1 Å². The van der Waals surface area contributed by atoms with Crippen LogP contribution in [0.25, 0.3) is 0 Å². The number of hydrogen-bond donors (Lipinski definition) is 1. The molecular weight excluding hydrogens is 252 g/mol. The number of carbonyl (C=O) groups excluding carboxylic acids is 2. The Bertz CT molecular complexity index is 513. The van der Waals surface area contributed by atoms with Crippen LogP contribution in [0.15, 0.2) is 18.2 Å². The van der Waals surface area contributed by atoms with E-state index < -0.39 is 10.9 Å². The zero-order valence-electron chi connectivity index (χ0n) is 10.6. The molecule has 0 spiro atoms. The number of benzene rings is 1. The summed E-state index contributed by atoms with van der Waals surface area (Å²) in [4.78, 5) is 33.4. The van der Waals surface area contributed by atoms with Crippen LogP contribution in [0.5, 0.6) is 0 Å². The van der Waals surface area contributed by atoms with Gasteiger partial charge in [-0.15, -0.1) is 0 Å². The van der Waals surface area contributed by atoms with Gasteiger partial charge in [0.2, 0.25) is 5.91 Å². The number of hydrogen-bond acceptors (Lipinski definition) is 5. The fourth-order valence-electron chi connectivity index (χ4n) is 1.53. The van der Waals surface area contributed by atoms with Gasteiger partial charge in [0.15, 0.2) is 0 Å². The maximum Gasteiger partial charge on any atom is 0.340 e. The normalized spacial score (nSPS) is 9.79. The minimum atomic E-state index is -0.740. The van der Waals surface area contributed by atoms with Crippen LogP contribution in [0.4, 0.5) is 11.4 Å². The van der Waals surface area contributed by atoms with Crippen LogP contribution >= 0.6 is 0 Å². The first kappa shape index (κ1) is 14.6. The lowest BCUT2D eigenvalue weighted by atomic mass is 10.1. The second-order valence-electron chi connectivity index (χ2n) is 3.75. The molecule has 1 aromatic carbocycles. The molecule has 0 fully saturated rings. The minimum Gasteiger partial charge on any atom is -0.465 e. The highest BCUT2D eigenvalue weighted by Gasteiger charge is 2.23. The van der Waals surface area contributed by atoms with E-state index in [1.807, 2.05) is 0 Å². The average molecular weight is 266 g/mol. The van der Waals surface area contributed by atoms with Crippen molar-refractivity contribution < 1.29 is 19.2 Å². The number of rotatable bonds is 5. The Morgan fingerprint density at radius 1 is 1.42 bits per heavy atom. The Kier molecular flexibility index (Phi) is 4.99. The number of para-hydroxylation sites is 1. The lowest BCUT2D eigenvalue weighted by Crippen LogP contribution is -2.16. The topological polar surface area (TPSA) is 98.5 Å². The summed E-state index contributed by atoms with van der Waals surface area (Å²) in [6.45, 7) is 1.81. The van der Waals surface area contributed by atoms with Gasteiger partial charge in [-0.1, -0.05) is 13.0 Å². The van der Waals surface area contributed by atoms with E-state index in [9.17, 15) is 19.7 Å². The van der Waals surface area contributed by atoms with E-state index in [4.69, 9.17) is 0 Å². The third kappa shape index (κ3) is 3.51. The van der Waals surface area contributed by atoms with Gasteiger partial charge in [-0.3, -0.25) is 14.9 Å². The number of carbonyl (C=O) groups is 2. The van der Waals surface area contributed by atoms with Crippen molar-refractivity contribution in [3.05, 3.63) is 33.9 Å². The van der Waals surface area contributed by atoms with Crippen molar-refractivity contribution in [1.82, 2.24) is 0 Å². The summed E-state index contributed by atoms with van der Waals surface area (Å²) in [6, 6.07) is 3.94. The van der Waals surface area contributed by atoms with E-state index in [-0.39, 0.29) is 29.3 Å². The summed E-state index contributed by atoms with van der Waals surface area (Å²) in [6.07, 6.45) is 0.812. The molecule has 0 aliphatic carbocycles. The fourth-order valence-corrected chi connectivity index (χ4v) is 1.53. The molecule has 1 rings (SSSR count). The lowest BCUT2D eigenvalue weighted by molar-refractivity contribution is -0.384. The zero-order chi connectivity index (χ0) is 14.4. The van der Waals surface area contributed by atoms with E-state index in [2.05, 4.69) is 10.1 Å². The quantitative estimate of drug-likeness (QED) is 0.500. The summed E-state index contributed by atoms with van der Waals surface area (Å²) in [7, 11) is 1.17. The molecule has 7 heteroatoms. The summed E-state index contributed by atoms with van der Waals surface area (Å²) < 4.78 is 4.54. The molecule has 0 radical (unpaired) electrons. The third-order valence-electron chi connectivity index (χ3n) is 2.39. The van der Waals surface area contributed by atoms with Crippen LogP contribution in [0.3, 0.4) is 0 Å². The highest BCUT2D eigenvalue weighted by molar-refractivity contribution is 6.03. The van der Waals surface area contributed by atoms with Crippen LogP contribution in [-0.4, -0.2) is 23.9 Å². The van der Waals surface area contributed by atoms with E-state index in [0.29, 0.717) is 6.42 Å². The van der Waals surface area contributed by atoms with Crippen LogP contribution in [0, 0.1) is 10.1 Å². The standard InChI is InChI=1S/C12H14N2O5/c1-3-5-10(15)13-11-8(12(16)19-2)6-4-7-9(11)14(17)18/h4,6-7H,3,5H2,1-2H3,(H,13,15). The van der Waals surface area contributed by atoms with Gasteiger partial charge >= 0.3 is 5.97 Å². The number of esters is 1.